The van der Waals surface area contributed by atoms with Crippen molar-refractivity contribution in [3.8, 4) is 23.0 Å². The first-order valence-electron chi connectivity index (χ1n) is 10.1. The number of nitrogens with one attached hydrogen (secondary N) is 1. The molecule has 3 rings (SSSR count). The van der Waals surface area contributed by atoms with Crippen LogP contribution in [0.25, 0.3) is 0 Å². The Kier molecular flexibility index (Phi) is 8.33. The summed E-state index contributed by atoms with van der Waals surface area (Å²) in [4.78, 5) is 34.7. The Morgan fingerprint density at radius 2 is 1.71 bits per heavy atom. The Balaban J connectivity index is 1.57. The molecule has 11 heteroatoms. The first kappa shape index (κ1) is 24.7. The summed E-state index contributed by atoms with van der Waals surface area (Å²) in [6.45, 7) is -0.467. The van der Waals surface area contributed by atoms with Crippen molar-refractivity contribution in [3.05, 3.63) is 88.0 Å². The number of methoxy groups -OCH3 is 2. The number of hydrazone groups is 1. The van der Waals surface area contributed by atoms with Crippen molar-refractivity contribution < 1.29 is 33.5 Å². The minimum Gasteiger partial charge on any atom is -0.497 e. The third-order valence-corrected chi connectivity index (χ3v) is 4.54. The number of nitro benzene ring substituents is 1. The summed E-state index contributed by atoms with van der Waals surface area (Å²) in [5.41, 5.74) is 2.90. The summed E-state index contributed by atoms with van der Waals surface area (Å²) in [5, 5.41) is 14.8. The van der Waals surface area contributed by atoms with Gasteiger partial charge in [-0.3, -0.25) is 14.9 Å². The molecule has 0 aliphatic rings. The highest BCUT2D eigenvalue weighted by Crippen LogP contribution is 2.29. The van der Waals surface area contributed by atoms with Crippen LogP contribution in [0, 0.1) is 10.1 Å². The number of carbonyl (C=O) groups is 2. The van der Waals surface area contributed by atoms with Crippen LogP contribution in [0.5, 0.6) is 23.0 Å². The van der Waals surface area contributed by atoms with Gasteiger partial charge in [0.25, 0.3) is 5.91 Å². The summed E-state index contributed by atoms with van der Waals surface area (Å²) in [6, 6.07) is 16.9. The fraction of sp³-hybridized carbons (Fsp3) is 0.125. The van der Waals surface area contributed by atoms with Gasteiger partial charge in [-0.1, -0.05) is 12.1 Å². The number of rotatable bonds is 10. The summed E-state index contributed by atoms with van der Waals surface area (Å²) in [7, 11) is 2.95. The molecule has 0 bridgehead atoms. The van der Waals surface area contributed by atoms with E-state index in [1.54, 1.807) is 42.5 Å². The van der Waals surface area contributed by atoms with Gasteiger partial charge < -0.3 is 18.9 Å². The molecule has 0 aliphatic carbocycles. The number of hydrogen-bond donors (Lipinski definition) is 1. The van der Waals surface area contributed by atoms with Gasteiger partial charge in [-0.25, -0.2) is 10.2 Å². The number of esters is 1. The lowest BCUT2D eigenvalue weighted by Gasteiger charge is -2.10. The topological polar surface area (TPSA) is 139 Å². The first-order chi connectivity index (χ1) is 16.9. The number of hydrogen-bond acceptors (Lipinski definition) is 9. The predicted octanol–water partition coefficient (Wildman–Crippen LogP) is 3.36. The SMILES string of the molecule is COc1ccc(C(=O)Oc2ccc(/C=N/NC(=O)COc3ccccc3[N+](=O)[O-])cc2OC)cc1. The highest BCUT2D eigenvalue weighted by Gasteiger charge is 2.15. The molecule has 1 N–H and O–H groups in total. The number of benzene rings is 3. The zero-order valence-corrected chi connectivity index (χ0v) is 18.8. The monoisotopic (exact) mass is 479 g/mol. The van der Waals surface area contributed by atoms with Crippen LogP contribution in [0.4, 0.5) is 5.69 Å². The van der Waals surface area contributed by atoms with E-state index >= 15 is 0 Å². The van der Waals surface area contributed by atoms with Crippen LogP contribution in [-0.4, -0.2) is 43.8 Å². The molecule has 180 valence electrons. The average molecular weight is 479 g/mol. The Hall–Kier alpha value is -4.93. The number of para-hydroxylation sites is 2. The molecule has 3 aromatic rings. The summed E-state index contributed by atoms with van der Waals surface area (Å²) in [6.07, 6.45) is 1.35. The molecule has 0 spiro atoms. The number of carbonyl (C=O) groups excluding carboxylic acids is 2. The zero-order valence-electron chi connectivity index (χ0n) is 18.8. The largest absolute Gasteiger partial charge is 0.497 e. The van der Waals surface area contributed by atoms with Crippen molar-refractivity contribution in [1.82, 2.24) is 5.43 Å². The summed E-state index contributed by atoms with van der Waals surface area (Å²) >= 11 is 0. The van der Waals surface area contributed by atoms with Gasteiger partial charge in [-0.15, -0.1) is 0 Å². The molecular weight excluding hydrogens is 458 g/mol. The van der Waals surface area contributed by atoms with Crippen LogP contribution in [0.2, 0.25) is 0 Å². The van der Waals surface area contributed by atoms with Crippen LogP contribution in [0.1, 0.15) is 15.9 Å². The van der Waals surface area contributed by atoms with Crippen LogP contribution in [-0.2, 0) is 4.79 Å². The van der Waals surface area contributed by atoms with Crippen LogP contribution >= 0.6 is 0 Å². The molecule has 0 saturated heterocycles. The molecule has 3 aromatic carbocycles. The second-order valence-corrected chi connectivity index (χ2v) is 6.84. The molecular formula is C24H21N3O8. The lowest BCUT2D eigenvalue weighted by molar-refractivity contribution is -0.385. The lowest BCUT2D eigenvalue weighted by atomic mass is 10.2. The molecule has 0 aliphatic heterocycles. The highest BCUT2D eigenvalue weighted by molar-refractivity contribution is 5.92. The molecule has 35 heavy (non-hydrogen) atoms. The van der Waals surface area contributed by atoms with E-state index in [1.165, 1.54) is 44.7 Å². The average Bonchev–Trinajstić information content (AvgIpc) is 2.88. The van der Waals surface area contributed by atoms with Gasteiger partial charge >= 0.3 is 11.7 Å². The van der Waals surface area contributed by atoms with E-state index in [1.807, 2.05) is 0 Å². The van der Waals surface area contributed by atoms with Crippen LogP contribution in [0.3, 0.4) is 0 Å². The number of nitro groups is 1. The maximum absolute atomic E-state index is 12.4. The van der Waals surface area contributed by atoms with E-state index in [9.17, 15) is 19.7 Å². The standard InChI is InChI=1S/C24H21N3O8/c1-32-18-10-8-17(9-11-18)24(29)35-21-12-7-16(13-22(21)33-2)14-25-26-23(28)15-34-20-6-4-3-5-19(20)27(30)31/h3-14H,15H2,1-2H3,(H,26,28)/b25-14+. The second kappa shape index (κ2) is 11.8. The van der Waals surface area contributed by atoms with Crippen molar-refractivity contribution in [1.29, 1.82) is 0 Å². The minimum absolute atomic E-state index is 0.0267. The number of ether oxygens (including phenoxy) is 4. The molecule has 0 unspecified atom stereocenters. The highest BCUT2D eigenvalue weighted by atomic mass is 16.6. The summed E-state index contributed by atoms with van der Waals surface area (Å²) < 4.78 is 21.0. The molecule has 0 heterocycles. The van der Waals surface area contributed by atoms with Crippen molar-refractivity contribution >= 4 is 23.8 Å². The van der Waals surface area contributed by atoms with Gasteiger partial charge in [-0.05, 0) is 54.1 Å². The maximum atomic E-state index is 12.4. The van der Waals surface area contributed by atoms with Crippen LogP contribution < -0.4 is 24.4 Å². The zero-order chi connectivity index (χ0) is 25.2. The van der Waals surface area contributed by atoms with E-state index in [-0.39, 0.29) is 22.9 Å². The molecule has 0 radical (unpaired) electrons. The van der Waals surface area contributed by atoms with E-state index in [4.69, 9.17) is 18.9 Å². The third kappa shape index (κ3) is 6.78. The Morgan fingerprint density at radius 3 is 2.40 bits per heavy atom. The number of amides is 1. The first-order valence-corrected chi connectivity index (χ1v) is 10.1. The second-order valence-electron chi connectivity index (χ2n) is 6.84. The van der Waals surface area contributed by atoms with Crippen LogP contribution in [0.15, 0.2) is 71.8 Å². The van der Waals surface area contributed by atoms with Gasteiger partial charge in [-0.2, -0.15) is 5.10 Å². The smallest absolute Gasteiger partial charge is 0.343 e. The van der Waals surface area contributed by atoms with Gasteiger partial charge in [0.05, 0.1) is 30.9 Å². The Morgan fingerprint density at radius 1 is 0.971 bits per heavy atom. The van der Waals surface area contributed by atoms with E-state index in [2.05, 4.69) is 10.5 Å². The fourth-order valence-corrected chi connectivity index (χ4v) is 2.82. The Labute approximate surface area is 200 Å². The van der Waals surface area contributed by atoms with Gasteiger partial charge in [0.15, 0.2) is 23.9 Å². The fourth-order valence-electron chi connectivity index (χ4n) is 2.82. The molecule has 1 amide bonds. The lowest BCUT2D eigenvalue weighted by Crippen LogP contribution is -2.24. The van der Waals surface area contributed by atoms with E-state index < -0.39 is 23.4 Å². The molecule has 11 nitrogen and oxygen atoms in total. The quantitative estimate of drug-likeness (QED) is 0.154. The van der Waals surface area contributed by atoms with Crippen molar-refractivity contribution in [3.63, 3.8) is 0 Å². The van der Waals surface area contributed by atoms with Crippen molar-refractivity contribution in [2.75, 3.05) is 20.8 Å². The Bertz CT molecular complexity index is 1240. The van der Waals surface area contributed by atoms with Crippen molar-refractivity contribution in [2.45, 2.75) is 0 Å². The van der Waals surface area contributed by atoms with Gasteiger partial charge in [0.2, 0.25) is 0 Å². The molecule has 0 fully saturated rings. The van der Waals surface area contributed by atoms with E-state index in [0.717, 1.165) is 0 Å². The van der Waals surface area contributed by atoms with Gasteiger partial charge in [0, 0.05) is 6.07 Å². The van der Waals surface area contributed by atoms with Gasteiger partial charge in [0.1, 0.15) is 5.75 Å². The van der Waals surface area contributed by atoms with E-state index in [0.29, 0.717) is 16.9 Å². The number of nitrogens with zero attached hydrogens (tertiary/aromatic N) is 2. The third-order valence-electron chi connectivity index (χ3n) is 4.54. The van der Waals surface area contributed by atoms with Crippen molar-refractivity contribution in [2.24, 2.45) is 5.10 Å². The molecule has 0 aromatic heterocycles. The molecule has 0 saturated carbocycles. The molecule has 0 atom stereocenters. The maximum Gasteiger partial charge on any atom is 0.343 e. The predicted molar refractivity (Wildman–Crippen MR) is 125 cm³/mol. The normalized spacial score (nSPS) is 10.5. The minimum atomic E-state index is -0.614. The summed E-state index contributed by atoms with van der Waals surface area (Å²) in [5.74, 6) is -0.118.